The lowest BCUT2D eigenvalue weighted by atomic mass is 10.2. The second-order valence-corrected chi connectivity index (χ2v) is 6.52. The van der Waals surface area contributed by atoms with Crippen molar-refractivity contribution in [1.82, 2.24) is 9.55 Å². The molecule has 126 valence electrons. The van der Waals surface area contributed by atoms with Crippen molar-refractivity contribution >= 4 is 35.0 Å². The Bertz CT molecular complexity index is 753. The van der Waals surface area contributed by atoms with E-state index in [2.05, 4.69) is 11.1 Å². The van der Waals surface area contributed by atoms with Gasteiger partial charge in [0.05, 0.1) is 18.2 Å². The molecule has 1 aromatic heterocycles. The van der Waals surface area contributed by atoms with E-state index >= 15 is 0 Å². The van der Waals surface area contributed by atoms with E-state index < -0.39 is 0 Å². The summed E-state index contributed by atoms with van der Waals surface area (Å²) in [5.74, 6) is 0.215. The summed E-state index contributed by atoms with van der Waals surface area (Å²) in [5, 5.41) is 10.3. The standard InChI is InChI=1S/C17H19ClN4OS/c1-3-21-10-8-20-17(21)24-12-16(23)22(9-4-7-19)14-5-6-15(18)13(2)11-14/h5-6,8,10-11H,3-4,9,12H2,1-2H3. The number of thioether (sulfide) groups is 1. The third-order valence-corrected chi connectivity index (χ3v) is 4.96. The van der Waals surface area contributed by atoms with Gasteiger partial charge in [0.15, 0.2) is 5.16 Å². The lowest BCUT2D eigenvalue weighted by Gasteiger charge is -2.22. The number of rotatable bonds is 7. The summed E-state index contributed by atoms with van der Waals surface area (Å²) in [6, 6.07) is 7.55. The molecule has 7 heteroatoms. The third-order valence-electron chi connectivity index (χ3n) is 3.54. The Morgan fingerprint density at radius 2 is 2.29 bits per heavy atom. The fraction of sp³-hybridized carbons (Fsp3) is 0.353. The molecule has 2 rings (SSSR count). The number of halogens is 1. The summed E-state index contributed by atoms with van der Waals surface area (Å²) >= 11 is 7.46. The smallest absolute Gasteiger partial charge is 0.237 e. The number of anilines is 1. The SMILES string of the molecule is CCn1ccnc1SCC(=O)N(CCC#N)c1ccc(Cl)c(C)c1. The molecule has 24 heavy (non-hydrogen) atoms. The van der Waals surface area contributed by atoms with Gasteiger partial charge in [-0.25, -0.2) is 4.98 Å². The zero-order valence-corrected chi connectivity index (χ0v) is 15.3. The number of nitriles is 1. The number of aromatic nitrogens is 2. The van der Waals surface area contributed by atoms with Gasteiger partial charge in [-0.15, -0.1) is 0 Å². The van der Waals surface area contributed by atoms with Gasteiger partial charge in [-0.1, -0.05) is 23.4 Å². The van der Waals surface area contributed by atoms with Crippen LogP contribution in [0.25, 0.3) is 0 Å². The highest BCUT2D eigenvalue weighted by molar-refractivity contribution is 7.99. The number of hydrogen-bond acceptors (Lipinski definition) is 4. The monoisotopic (exact) mass is 362 g/mol. The van der Waals surface area contributed by atoms with Crippen molar-refractivity contribution in [2.24, 2.45) is 0 Å². The molecule has 1 aromatic carbocycles. The largest absolute Gasteiger partial charge is 0.326 e. The molecular formula is C17H19ClN4OS. The Labute approximate surface area is 151 Å². The first-order valence-electron chi connectivity index (χ1n) is 7.64. The van der Waals surface area contributed by atoms with Gasteiger partial charge in [0.1, 0.15) is 0 Å². The molecule has 0 atom stereocenters. The number of nitrogens with zero attached hydrogens (tertiary/aromatic N) is 4. The van der Waals surface area contributed by atoms with Gasteiger partial charge in [-0.2, -0.15) is 5.26 Å². The first-order chi connectivity index (χ1) is 11.6. The maximum Gasteiger partial charge on any atom is 0.237 e. The number of carbonyl (C=O) groups excluding carboxylic acids is 1. The Morgan fingerprint density at radius 1 is 1.50 bits per heavy atom. The molecule has 2 aromatic rings. The molecule has 1 heterocycles. The maximum atomic E-state index is 12.7. The molecule has 0 spiro atoms. The molecule has 1 amide bonds. The zero-order valence-electron chi connectivity index (χ0n) is 13.7. The van der Waals surface area contributed by atoms with Crippen LogP contribution in [0.2, 0.25) is 5.02 Å². The van der Waals surface area contributed by atoms with Gasteiger partial charge in [0.25, 0.3) is 0 Å². The number of amides is 1. The van der Waals surface area contributed by atoms with E-state index in [0.29, 0.717) is 11.6 Å². The molecule has 0 saturated heterocycles. The van der Waals surface area contributed by atoms with Crippen molar-refractivity contribution < 1.29 is 4.79 Å². The molecule has 0 aliphatic heterocycles. The fourth-order valence-corrected chi connectivity index (χ4v) is 3.25. The van der Waals surface area contributed by atoms with Crippen molar-refractivity contribution in [3.8, 4) is 6.07 Å². The topological polar surface area (TPSA) is 61.9 Å². The average molecular weight is 363 g/mol. The molecule has 0 N–H and O–H groups in total. The van der Waals surface area contributed by atoms with E-state index in [1.807, 2.05) is 36.7 Å². The summed E-state index contributed by atoms with van der Waals surface area (Å²) in [7, 11) is 0. The number of aryl methyl sites for hydroxylation is 2. The molecule has 5 nitrogen and oxygen atoms in total. The quantitative estimate of drug-likeness (QED) is 0.701. The van der Waals surface area contributed by atoms with Gasteiger partial charge in [0.2, 0.25) is 5.91 Å². The van der Waals surface area contributed by atoms with E-state index in [9.17, 15) is 4.79 Å². The molecule has 0 unspecified atom stereocenters. The van der Waals surface area contributed by atoms with Crippen LogP contribution in [0.1, 0.15) is 18.9 Å². The van der Waals surface area contributed by atoms with Crippen LogP contribution in [0.4, 0.5) is 5.69 Å². The van der Waals surface area contributed by atoms with Crippen LogP contribution in [-0.4, -0.2) is 27.8 Å². The number of imidazole rings is 1. The maximum absolute atomic E-state index is 12.7. The number of carbonyl (C=O) groups is 1. The summed E-state index contributed by atoms with van der Waals surface area (Å²) < 4.78 is 1.99. The minimum Gasteiger partial charge on any atom is -0.326 e. The van der Waals surface area contributed by atoms with Crippen molar-refractivity contribution in [2.75, 3.05) is 17.2 Å². The summed E-state index contributed by atoms with van der Waals surface area (Å²) in [4.78, 5) is 18.6. The second kappa shape index (κ2) is 8.76. The predicted molar refractivity (Wildman–Crippen MR) is 97.4 cm³/mol. The van der Waals surface area contributed by atoms with Crippen molar-refractivity contribution in [1.29, 1.82) is 5.26 Å². The Hall–Kier alpha value is -1.97. The van der Waals surface area contributed by atoms with Crippen LogP contribution < -0.4 is 4.90 Å². The van der Waals surface area contributed by atoms with Crippen molar-refractivity contribution in [2.45, 2.75) is 32.0 Å². The van der Waals surface area contributed by atoms with Crippen LogP contribution in [-0.2, 0) is 11.3 Å². The number of hydrogen-bond donors (Lipinski definition) is 0. The van der Waals surface area contributed by atoms with Crippen LogP contribution in [0.3, 0.4) is 0 Å². The normalized spacial score (nSPS) is 10.4. The third kappa shape index (κ3) is 4.53. The van der Waals surface area contributed by atoms with Crippen molar-refractivity contribution in [3.05, 3.63) is 41.2 Å². The van der Waals surface area contributed by atoms with E-state index in [0.717, 1.165) is 23.0 Å². The fourth-order valence-electron chi connectivity index (χ4n) is 2.24. The Kier molecular flexibility index (Phi) is 6.71. The minimum absolute atomic E-state index is 0.0531. The van der Waals surface area contributed by atoms with Gasteiger partial charge in [-0.05, 0) is 37.6 Å². The first kappa shape index (κ1) is 18.4. The second-order valence-electron chi connectivity index (χ2n) is 5.17. The van der Waals surface area contributed by atoms with Crippen LogP contribution >= 0.6 is 23.4 Å². The van der Waals surface area contributed by atoms with Gasteiger partial charge >= 0.3 is 0 Å². The summed E-state index contributed by atoms with van der Waals surface area (Å²) in [5.41, 5.74) is 1.66. The highest BCUT2D eigenvalue weighted by Crippen LogP contribution is 2.24. The first-order valence-corrected chi connectivity index (χ1v) is 9.00. The molecule has 0 aliphatic carbocycles. The van der Waals surface area contributed by atoms with Gasteiger partial charge in [0, 0.05) is 36.2 Å². The molecule has 0 aliphatic rings. The van der Waals surface area contributed by atoms with Crippen molar-refractivity contribution in [3.63, 3.8) is 0 Å². The average Bonchev–Trinajstić information content (AvgIpc) is 3.04. The van der Waals surface area contributed by atoms with Crippen LogP contribution in [0, 0.1) is 18.3 Å². The minimum atomic E-state index is -0.0531. The lowest BCUT2D eigenvalue weighted by Crippen LogP contribution is -2.33. The summed E-state index contributed by atoms with van der Waals surface area (Å²) in [6.07, 6.45) is 3.90. The van der Waals surface area contributed by atoms with Gasteiger partial charge in [-0.3, -0.25) is 4.79 Å². The summed E-state index contributed by atoms with van der Waals surface area (Å²) in [6.45, 7) is 5.10. The molecule has 0 fully saturated rings. The Morgan fingerprint density at radius 3 is 2.96 bits per heavy atom. The van der Waals surface area contributed by atoms with E-state index in [1.54, 1.807) is 17.2 Å². The van der Waals surface area contributed by atoms with Crippen LogP contribution in [0.5, 0.6) is 0 Å². The van der Waals surface area contributed by atoms with Crippen LogP contribution in [0.15, 0.2) is 35.7 Å². The lowest BCUT2D eigenvalue weighted by molar-refractivity contribution is -0.116. The molecule has 0 radical (unpaired) electrons. The van der Waals surface area contributed by atoms with E-state index in [4.69, 9.17) is 16.9 Å². The number of benzene rings is 1. The predicted octanol–water partition coefficient (Wildman–Crippen LogP) is 3.90. The van der Waals surface area contributed by atoms with E-state index in [1.165, 1.54) is 11.8 Å². The van der Waals surface area contributed by atoms with E-state index in [-0.39, 0.29) is 18.1 Å². The van der Waals surface area contributed by atoms with Gasteiger partial charge < -0.3 is 9.47 Å². The molecule has 0 bridgehead atoms. The molecular weight excluding hydrogens is 344 g/mol. The Balaban J connectivity index is 2.13. The zero-order chi connectivity index (χ0) is 17.5. The molecule has 0 saturated carbocycles. The highest BCUT2D eigenvalue weighted by atomic mass is 35.5. The highest BCUT2D eigenvalue weighted by Gasteiger charge is 2.17.